The van der Waals surface area contributed by atoms with Crippen LogP contribution in [0.4, 0.5) is 0 Å². The van der Waals surface area contributed by atoms with Gasteiger partial charge in [-0.25, -0.2) is 4.94 Å². The van der Waals surface area contributed by atoms with Gasteiger partial charge in [-0.2, -0.15) is 5.23 Å². The highest BCUT2D eigenvalue weighted by molar-refractivity contribution is 5.98. The Kier molecular flexibility index (Phi) is 1.81. The summed E-state index contributed by atoms with van der Waals surface area (Å²) in [5.41, 5.74) is -0.0307. The monoisotopic (exact) mass is 230 g/mol. The molecule has 1 aliphatic carbocycles. The minimum absolute atomic E-state index is 0.00556. The van der Waals surface area contributed by atoms with E-state index >= 15 is 0 Å². The zero-order chi connectivity index (χ0) is 11.4. The van der Waals surface area contributed by atoms with Crippen molar-refractivity contribution in [2.45, 2.75) is 6.04 Å². The first kappa shape index (κ1) is 9.68. The topological polar surface area (TPSA) is 127 Å². The molecule has 2 aliphatic heterocycles. The fourth-order valence-electron chi connectivity index (χ4n) is 1.74. The van der Waals surface area contributed by atoms with Crippen LogP contribution in [0.5, 0.6) is 0 Å². The van der Waals surface area contributed by atoms with Gasteiger partial charge in [0.2, 0.25) is 17.4 Å². The van der Waals surface area contributed by atoms with Crippen molar-refractivity contribution in [1.29, 1.82) is 0 Å². The maximum atomic E-state index is 11.2. The van der Waals surface area contributed by atoms with Crippen LogP contribution in [0, 0.1) is 20.8 Å². The molecule has 0 bridgehead atoms. The minimum Gasteiger partial charge on any atom is -0.602 e. The van der Waals surface area contributed by atoms with Gasteiger partial charge in [0.1, 0.15) is 0 Å². The maximum Gasteiger partial charge on any atom is 0.320 e. The number of fused-ring (bicyclic) bond motifs is 2. The summed E-state index contributed by atoms with van der Waals surface area (Å²) in [6.45, 7) is 0. The molecule has 1 fully saturated rings. The highest BCUT2D eigenvalue weighted by Crippen LogP contribution is 2.11. The second-order valence-corrected chi connectivity index (χ2v) is 3.39. The fourth-order valence-corrected chi connectivity index (χ4v) is 1.74. The molecule has 2 heterocycles. The van der Waals surface area contributed by atoms with Gasteiger partial charge >= 0.3 is 5.71 Å². The standard InChI is InChI=1S/C6H6N4O6/c11-7-3-1-4-6(10(14)16-8(4)12)2-5(3)9(13)15-7/h1-3,7-8,10H. The molecular formula is C6H6N4O6. The molecule has 16 heavy (non-hydrogen) atoms. The first-order chi connectivity index (χ1) is 7.58. The summed E-state index contributed by atoms with van der Waals surface area (Å²) in [5.74, 6) is 0. The molecule has 4 unspecified atom stereocenters. The Balaban J connectivity index is 2.08. The molecule has 3 rings (SSSR count). The molecule has 0 saturated carbocycles. The third-order valence-electron chi connectivity index (χ3n) is 2.50. The normalized spacial score (nSPS) is 41.2. The number of hydrogen-bond donors (Lipinski definition) is 3. The SMILES string of the molecule is [O-][N+]1=C2C=C3C(=CC2[NH+]([O-])O1)[NH+]([O-])O[NH+]3[O-]. The van der Waals surface area contributed by atoms with E-state index in [0.717, 1.165) is 6.08 Å². The van der Waals surface area contributed by atoms with Crippen LogP contribution in [0.3, 0.4) is 0 Å². The zero-order valence-corrected chi connectivity index (χ0v) is 7.63. The molecule has 10 nitrogen and oxygen atoms in total. The summed E-state index contributed by atoms with van der Waals surface area (Å²) in [4.78, 5) is 8.67. The van der Waals surface area contributed by atoms with E-state index in [0.29, 0.717) is 0 Å². The quantitative estimate of drug-likeness (QED) is 0.357. The summed E-state index contributed by atoms with van der Waals surface area (Å²) >= 11 is 0. The molecule has 86 valence electrons. The van der Waals surface area contributed by atoms with Gasteiger partial charge in [0.05, 0.1) is 17.1 Å². The van der Waals surface area contributed by atoms with Crippen molar-refractivity contribution in [3.63, 3.8) is 0 Å². The number of hydroxylamine groups is 6. The average Bonchev–Trinajstić information content (AvgIpc) is 2.67. The number of nitrogens with zero attached hydrogens (tertiary/aromatic N) is 1. The maximum absolute atomic E-state index is 11.2. The van der Waals surface area contributed by atoms with E-state index in [9.17, 15) is 20.8 Å². The van der Waals surface area contributed by atoms with Gasteiger partial charge in [0, 0.05) is 4.94 Å². The summed E-state index contributed by atoms with van der Waals surface area (Å²) in [6.07, 6.45) is 2.35. The van der Waals surface area contributed by atoms with E-state index in [1.807, 2.05) is 0 Å². The predicted octanol–water partition coefficient (Wildman–Crippen LogP) is -5.04. The van der Waals surface area contributed by atoms with Crippen molar-refractivity contribution in [2.24, 2.45) is 0 Å². The Labute approximate surface area is 87.6 Å². The average molecular weight is 230 g/mol. The lowest BCUT2D eigenvalue weighted by molar-refractivity contribution is -1.25. The van der Waals surface area contributed by atoms with E-state index in [-0.39, 0.29) is 22.0 Å². The van der Waals surface area contributed by atoms with Crippen molar-refractivity contribution < 1.29 is 30.5 Å². The van der Waals surface area contributed by atoms with Crippen molar-refractivity contribution in [1.82, 2.24) is 0 Å². The zero-order valence-electron chi connectivity index (χ0n) is 7.63. The van der Waals surface area contributed by atoms with E-state index in [1.165, 1.54) is 6.08 Å². The number of nitrogens with one attached hydrogen (secondary N) is 3. The van der Waals surface area contributed by atoms with Crippen molar-refractivity contribution in [3.8, 4) is 0 Å². The lowest BCUT2D eigenvalue weighted by Gasteiger charge is -2.18. The Morgan fingerprint density at radius 3 is 2.62 bits per heavy atom. The molecular weight excluding hydrogens is 224 g/mol. The Morgan fingerprint density at radius 1 is 1.19 bits per heavy atom. The highest BCUT2D eigenvalue weighted by Gasteiger charge is 2.48. The van der Waals surface area contributed by atoms with Crippen LogP contribution in [-0.4, -0.2) is 16.7 Å². The minimum atomic E-state index is -0.935. The molecule has 10 heteroatoms. The third kappa shape index (κ3) is 1.11. The van der Waals surface area contributed by atoms with E-state index in [4.69, 9.17) is 0 Å². The fraction of sp³-hybridized carbons (Fsp3) is 0.167. The van der Waals surface area contributed by atoms with Gasteiger partial charge < -0.3 is 15.6 Å². The van der Waals surface area contributed by atoms with Gasteiger partial charge in [-0.1, -0.05) is 0 Å². The van der Waals surface area contributed by atoms with Gasteiger partial charge in [0.15, 0.2) is 0 Å². The molecule has 0 aromatic rings. The van der Waals surface area contributed by atoms with Gasteiger partial charge in [0.25, 0.3) is 0 Å². The van der Waals surface area contributed by atoms with Gasteiger partial charge in [-0.15, -0.1) is 10.5 Å². The van der Waals surface area contributed by atoms with E-state index in [1.54, 1.807) is 0 Å². The van der Waals surface area contributed by atoms with Crippen LogP contribution in [0.25, 0.3) is 0 Å². The van der Waals surface area contributed by atoms with Crippen LogP contribution in [0.1, 0.15) is 0 Å². The number of hydrogen-bond acceptors (Lipinski definition) is 6. The van der Waals surface area contributed by atoms with Crippen LogP contribution in [-0.2, 0) is 9.88 Å². The summed E-state index contributed by atoms with van der Waals surface area (Å²) in [7, 11) is 0. The lowest BCUT2D eigenvalue weighted by Crippen LogP contribution is -3.15. The molecule has 0 aromatic carbocycles. The van der Waals surface area contributed by atoms with Crippen molar-refractivity contribution in [3.05, 3.63) is 44.4 Å². The van der Waals surface area contributed by atoms with Gasteiger partial charge in [-0.3, -0.25) is 5.21 Å². The molecule has 0 radical (unpaired) electrons. The number of rotatable bonds is 0. The summed E-state index contributed by atoms with van der Waals surface area (Å²) < 4.78 is 0. The van der Waals surface area contributed by atoms with E-state index < -0.39 is 21.7 Å². The molecule has 0 amide bonds. The second-order valence-electron chi connectivity index (χ2n) is 3.39. The molecule has 1 saturated heterocycles. The largest absolute Gasteiger partial charge is 0.602 e. The lowest BCUT2D eigenvalue weighted by atomic mass is 10.0. The van der Waals surface area contributed by atoms with Crippen molar-refractivity contribution in [2.75, 3.05) is 0 Å². The molecule has 0 spiro atoms. The molecule has 3 aliphatic rings. The van der Waals surface area contributed by atoms with Crippen LogP contribution >= 0.6 is 0 Å². The Morgan fingerprint density at radius 2 is 1.88 bits per heavy atom. The highest BCUT2D eigenvalue weighted by atomic mass is 17.1. The van der Waals surface area contributed by atoms with E-state index in [2.05, 4.69) is 9.88 Å². The molecule has 0 aromatic heterocycles. The molecule has 3 N–H and O–H groups in total. The first-order valence-electron chi connectivity index (χ1n) is 4.34. The Hall–Kier alpha value is -1.53. The van der Waals surface area contributed by atoms with Crippen LogP contribution in [0.2, 0.25) is 0 Å². The van der Waals surface area contributed by atoms with Crippen LogP contribution < -0.4 is 15.7 Å². The predicted molar refractivity (Wildman–Crippen MR) is 43.7 cm³/mol. The Bertz CT molecular complexity index is 444. The van der Waals surface area contributed by atoms with Gasteiger partial charge in [-0.05, 0) is 0 Å². The smallest absolute Gasteiger partial charge is 0.320 e. The van der Waals surface area contributed by atoms with Crippen molar-refractivity contribution >= 4 is 5.71 Å². The summed E-state index contributed by atoms with van der Waals surface area (Å²) in [6, 6.07) is -0.935. The summed E-state index contributed by atoms with van der Waals surface area (Å²) in [5, 5.41) is 42.3. The third-order valence-corrected chi connectivity index (χ3v) is 2.50. The first-order valence-corrected chi connectivity index (χ1v) is 4.34. The van der Waals surface area contributed by atoms with Crippen LogP contribution in [0.15, 0.2) is 23.5 Å². The molecule has 4 atom stereocenters. The number of quaternary nitrogens is 3. The second kappa shape index (κ2) is 2.99.